The van der Waals surface area contributed by atoms with Gasteiger partial charge in [0, 0.05) is 18.5 Å². The highest BCUT2D eigenvalue weighted by molar-refractivity contribution is 6.01. The van der Waals surface area contributed by atoms with Gasteiger partial charge in [0.25, 0.3) is 0 Å². The zero-order valence-corrected chi connectivity index (χ0v) is 15.0. The fourth-order valence-corrected chi connectivity index (χ4v) is 2.96. The second-order valence-electron chi connectivity index (χ2n) is 6.24. The fraction of sp³-hybridized carbons (Fsp3) is 0.250. The Bertz CT molecular complexity index is 931. The summed E-state index contributed by atoms with van der Waals surface area (Å²) in [6, 6.07) is 9.60. The summed E-state index contributed by atoms with van der Waals surface area (Å²) in [7, 11) is 1.48. The second kappa shape index (κ2) is 8.16. The van der Waals surface area contributed by atoms with Gasteiger partial charge in [-0.05, 0) is 30.3 Å². The van der Waals surface area contributed by atoms with Crippen molar-refractivity contribution in [3.8, 4) is 5.75 Å². The smallest absolute Gasteiger partial charge is 0.311 e. The molecule has 0 bridgehead atoms. The first-order chi connectivity index (χ1) is 13.4. The number of carbonyl (C=O) groups is 3. The highest BCUT2D eigenvalue weighted by Gasteiger charge is 2.37. The largest absolute Gasteiger partial charge is 0.495 e. The van der Waals surface area contributed by atoms with Gasteiger partial charge in [-0.3, -0.25) is 14.4 Å². The number of methoxy groups -OCH3 is 1. The van der Waals surface area contributed by atoms with Crippen LogP contribution in [0.15, 0.2) is 42.5 Å². The summed E-state index contributed by atoms with van der Waals surface area (Å²) in [5.41, 5.74) is 0.438. The molecule has 1 atom stereocenters. The maximum Gasteiger partial charge on any atom is 0.311 e. The summed E-state index contributed by atoms with van der Waals surface area (Å²) in [6.45, 7) is -0.527. The minimum atomic E-state index is -1.16. The van der Waals surface area contributed by atoms with Gasteiger partial charge in [-0.15, -0.1) is 0 Å². The summed E-state index contributed by atoms with van der Waals surface area (Å²) in [5, 5.41) is 0. The van der Waals surface area contributed by atoms with Crippen LogP contribution in [0.1, 0.15) is 16.8 Å². The van der Waals surface area contributed by atoms with Crippen molar-refractivity contribution < 1.29 is 32.6 Å². The van der Waals surface area contributed by atoms with Gasteiger partial charge in [-0.1, -0.05) is 12.1 Å². The van der Waals surface area contributed by atoms with Gasteiger partial charge >= 0.3 is 5.97 Å². The number of hydrogen-bond donors (Lipinski definition) is 0. The summed E-state index contributed by atoms with van der Waals surface area (Å²) in [6.07, 6.45) is -0.0593. The summed E-state index contributed by atoms with van der Waals surface area (Å²) in [5.74, 6) is -4.12. The lowest BCUT2D eigenvalue weighted by atomic mass is 10.1. The van der Waals surface area contributed by atoms with Crippen molar-refractivity contribution in [3.05, 3.63) is 59.7 Å². The molecule has 1 aliphatic rings. The van der Waals surface area contributed by atoms with E-state index < -0.39 is 35.9 Å². The van der Waals surface area contributed by atoms with E-state index in [1.165, 1.54) is 12.0 Å². The lowest BCUT2D eigenvalue weighted by Crippen LogP contribution is -2.27. The summed E-state index contributed by atoms with van der Waals surface area (Å²) < 4.78 is 36.4. The third-order valence-corrected chi connectivity index (χ3v) is 4.42. The molecule has 0 unspecified atom stereocenters. The molecular formula is C20H17F2NO5. The summed E-state index contributed by atoms with van der Waals surface area (Å²) in [4.78, 5) is 38.0. The number of hydrogen-bond acceptors (Lipinski definition) is 5. The molecule has 2 aromatic rings. The predicted octanol–water partition coefficient (Wildman–Crippen LogP) is 2.75. The SMILES string of the molecule is COc1ccccc1N1C[C@H](C(=O)OCC(=O)c2ccc(F)c(F)c2)CC1=O. The maximum atomic E-state index is 13.2. The van der Waals surface area contributed by atoms with Crippen LogP contribution >= 0.6 is 0 Å². The van der Waals surface area contributed by atoms with Crippen molar-refractivity contribution in [1.82, 2.24) is 0 Å². The number of halogens is 2. The molecule has 0 aliphatic carbocycles. The monoisotopic (exact) mass is 389 g/mol. The van der Waals surface area contributed by atoms with Crippen molar-refractivity contribution in [2.24, 2.45) is 5.92 Å². The highest BCUT2D eigenvalue weighted by atomic mass is 19.2. The third-order valence-electron chi connectivity index (χ3n) is 4.42. The normalized spacial score (nSPS) is 16.2. The molecule has 1 fully saturated rings. The molecule has 0 radical (unpaired) electrons. The number of benzene rings is 2. The number of Topliss-reactive ketones (excluding diaryl/α,β-unsaturated/α-hetero) is 1. The Kier molecular flexibility index (Phi) is 5.67. The molecular weight excluding hydrogens is 372 g/mol. The highest BCUT2D eigenvalue weighted by Crippen LogP contribution is 2.33. The number of ketones is 1. The van der Waals surface area contributed by atoms with E-state index in [0.29, 0.717) is 11.4 Å². The van der Waals surface area contributed by atoms with Crippen LogP contribution in [0.4, 0.5) is 14.5 Å². The number of carbonyl (C=O) groups excluding carboxylic acids is 3. The Morgan fingerprint density at radius 3 is 2.61 bits per heavy atom. The van der Waals surface area contributed by atoms with Crippen LogP contribution in [0.3, 0.4) is 0 Å². The lowest BCUT2D eigenvalue weighted by Gasteiger charge is -2.19. The first-order valence-corrected chi connectivity index (χ1v) is 8.49. The second-order valence-corrected chi connectivity index (χ2v) is 6.24. The topological polar surface area (TPSA) is 72.9 Å². The van der Waals surface area contributed by atoms with Crippen molar-refractivity contribution in [2.45, 2.75) is 6.42 Å². The van der Waals surface area contributed by atoms with Crippen molar-refractivity contribution in [1.29, 1.82) is 0 Å². The average Bonchev–Trinajstić information content (AvgIpc) is 3.09. The van der Waals surface area contributed by atoms with Gasteiger partial charge in [0.15, 0.2) is 24.0 Å². The number of esters is 1. The molecule has 1 aliphatic heterocycles. The van der Waals surface area contributed by atoms with E-state index in [-0.39, 0.29) is 24.4 Å². The average molecular weight is 389 g/mol. The van der Waals surface area contributed by atoms with Crippen LogP contribution in [0, 0.1) is 17.6 Å². The Morgan fingerprint density at radius 1 is 1.14 bits per heavy atom. The summed E-state index contributed by atoms with van der Waals surface area (Å²) >= 11 is 0. The van der Waals surface area contributed by atoms with Crippen LogP contribution in [0.2, 0.25) is 0 Å². The van der Waals surface area contributed by atoms with Crippen molar-refractivity contribution >= 4 is 23.3 Å². The number of rotatable bonds is 6. The predicted molar refractivity (Wildman–Crippen MR) is 95.1 cm³/mol. The molecule has 0 saturated carbocycles. The molecule has 0 N–H and O–H groups in total. The fourth-order valence-electron chi connectivity index (χ4n) is 2.96. The molecule has 2 aromatic carbocycles. The van der Waals surface area contributed by atoms with Gasteiger partial charge in [0.1, 0.15) is 5.75 Å². The third kappa shape index (κ3) is 4.00. The van der Waals surface area contributed by atoms with E-state index in [4.69, 9.17) is 9.47 Å². The Morgan fingerprint density at radius 2 is 1.89 bits per heavy atom. The molecule has 0 aromatic heterocycles. The quantitative estimate of drug-likeness (QED) is 0.561. The van der Waals surface area contributed by atoms with Gasteiger partial charge < -0.3 is 14.4 Å². The van der Waals surface area contributed by atoms with Crippen LogP contribution < -0.4 is 9.64 Å². The number of anilines is 1. The van der Waals surface area contributed by atoms with Crippen molar-refractivity contribution in [3.63, 3.8) is 0 Å². The number of ether oxygens (including phenoxy) is 2. The van der Waals surface area contributed by atoms with E-state index in [0.717, 1.165) is 18.2 Å². The maximum absolute atomic E-state index is 13.2. The van der Waals surface area contributed by atoms with E-state index in [1.54, 1.807) is 24.3 Å². The molecule has 6 nitrogen and oxygen atoms in total. The van der Waals surface area contributed by atoms with Gasteiger partial charge in [-0.2, -0.15) is 0 Å². The minimum Gasteiger partial charge on any atom is -0.495 e. The molecule has 1 saturated heterocycles. The minimum absolute atomic E-state index is 0.0593. The van der Waals surface area contributed by atoms with E-state index >= 15 is 0 Å². The van der Waals surface area contributed by atoms with E-state index in [9.17, 15) is 23.2 Å². The van der Waals surface area contributed by atoms with Crippen LogP contribution in [0.25, 0.3) is 0 Å². The molecule has 1 heterocycles. The van der Waals surface area contributed by atoms with Crippen LogP contribution in [0.5, 0.6) is 5.75 Å². The Labute approximate surface area is 159 Å². The van der Waals surface area contributed by atoms with E-state index in [1.807, 2.05) is 0 Å². The standard InChI is InChI=1S/C20H17F2NO5/c1-27-18-5-3-2-4-16(18)23-10-13(9-19(23)25)20(26)28-11-17(24)12-6-7-14(21)15(22)8-12/h2-8,13H,9-11H2,1H3/t13-/m1/s1. The van der Waals surface area contributed by atoms with Crippen LogP contribution in [-0.4, -0.2) is 37.9 Å². The Balaban J connectivity index is 1.61. The Hall–Kier alpha value is -3.29. The van der Waals surface area contributed by atoms with Crippen LogP contribution in [-0.2, 0) is 14.3 Å². The zero-order chi connectivity index (χ0) is 20.3. The van der Waals surface area contributed by atoms with E-state index in [2.05, 4.69) is 0 Å². The first kappa shape index (κ1) is 19.5. The zero-order valence-electron chi connectivity index (χ0n) is 15.0. The number of nitrogens with zero attached hydrogens (tertiary/aromatic N) is 1. The molecule has 146 valence electrons. The van der Waals surface area contributed by atoms with Gasteiger partial charge in [0.2, 0.25) is 5.91 Å². The molecule has 3 rings (SSSR count). The molecule has 1 amide bonds. The lowest BCUT2D eigenvalue weighted by molar-refractivity contribution is -0.147. The van der Waals surface area contributed by atoms with Crippen molar-refractivity contribution in [2.75, 3.05) is 25.2 Å². The van der Waals surface area contributed by atoms with Gasteiger partial charge in [-0.25, -0.2) is 8.78 Å². The molecule has 8 heteroatoms. The number of amides is 1. The molecule has 28 heavy (non-hydrogen) atoms. The van der Waals surface area contributed by atoms with Gasteiger partial charge in [0.05, 0.1) is 18.7 Å². The molecule has 0 spiro atoms. The number of para-hydroxylation sites is 2. The first-order valence-electron chi connectivity index (χ1n) is 8.49.